The SMILES string of the molecule is O=C(NCC(=O)N(CCc1ccccc1)[C@H](C(=O)NC1CCCC1)c1ccc(F)cc1)c1ccco1. The molecule has 0 bridgehead atoms. The number of rotatable bonds is 10. The van der Waals surface area contributed by atoms with Crippen LogP contribution in [0, 0.1) is 5.82 Å². The summed E-state index contributed by atoms with van der Waals surface area (Å²) in [5, 5.41) is 5.66. The normalized spacial score (nSPS) is 14.2. The predicted octanol–water partition coefficient (Wildman–Crippen LogP) is 4.02. The molecule has 1 aliphatic rings. The molecule has 1 saturated carbocycles. The summed E-state index contributed by atoms with van der Waals surface area (Å²) in [4.78, 5) is 40.9. The van der Waals surface area contributed by atoms with E-state index in [2.05, 4.69) is 10.6 Å². The number of hydrogen-bond donors (Lipinski definition) is 2. The highest BCUT2D eigenvalue weighted by molar-refractivity contribution is 5.95. The van der Waals surface area contributed by atoms with Crippen LogP contribution in [-0.4, -0.2) is 41.8 Å². The molecule has 7 nitrogen and oxygen atoms in total. The Balaban J connectivity index is 1.59. The number of halogens is 1. The van der Waals surface area contributed by atoms with Crippen molar-refractivity contribution >= 4 is 17.7 Å². The van der Waals surface area contributed by atoms with E-state index in [1.807, 2.05) is 30.3 Å². The summed E-state index contributed by atoms with van der Waals surface area (Å²) >= 11 is 0. The summed E-state index contributed by atoms with van der Waals surface area (Å²) in [5.41, 5.74) is 1.51. The number of hydrogen-bond acceptors (Lipinski definition) is 4. The second kappa shape index (κ2) is 12.2. The standard InChI is InChI=1S/C28H30FN3O4/c29-22-14-12-21(13-15-22)26(28(35)31-23-9-4-5-10-23)32(17-16-20-7-2-1-3-8-20)25(33)19-30-27(34)24-11-6-18-36-24/h1-3,6-8,11-15,18,23,26H,4-5,9-10,16-17,19H2,(H,30,34)(H,31,35)/t26-/m0/s1. The Morgan fingerprint density at radius 2 is 1.69 bits per heavy atom. The number of furan rings is 1. The molecule has 0 radical (unpaired) electrons. The van der Waals surface area contributed by atoms with Gasteiger partial charge in [0.25, 0.3) is 5.91 Å². The van der Waals surface area contributed by atoms with Gasteiger partial charge in [0.15, 0.2) is 5.76 Å². The molecule has 0 spiro atoms. The first-order chi connectivity index (χ1) is 17.5. The highest BCUT2D eigenvalue weighted by Crippen LogP contribution is 2.25. The molecule has 3 aromatic rings. The predicted molar refractivity (Wildman–Crippen MR) is 132 cm³/mol. The molecule has 188 valence electrons. The highest BCUT2D eigenvalue weighted by atomic mass is 19.1. The van der Waals surface area contributed by atoms with E-state index in [-0.39, 0.29) is 30.8 Å². The van der Waals surface area contributed by atoms with Crippen LogP contribution in [0.4, 0.5) is 4.39 Å². The van der Waals surface area contributed by atoms with Crippen LogP contribution in [0.1, 0.15) is 53.4 Å². The van der Waals surface area contributed by atoms with Crippen molar-refractivity contribution in [3.8, 4) is 0 Å². The molecule has 0 unspecified atom stereocenters. The van der Waals surface area contributed by atoms with Crippen molar-refractivity contribution in [2.24, 2.45) is 0 Å². The third-order valence-corrected chi connectivity index (χ3v) is 6.40. The van der Waals surface area contributed by atoms with Crippen molar-refractivity contribution in [2.45, 2.75) is 44.2 Å². The largest absolute Gasteiger partial charge is 0.459 e. The van der Waals surface area contributed by atoms with Crippen LogP contribution in [-0.2, 0) is 16.0 Å². The molecule has 2 N–H and O–H groups in total. The summed E-state index contributed by atoms with van der Waals surface area (Å²) in [7, 11) is 0. The van der Waals surface area contributed by atoms with E-state index >= 15 is 0 Å². The molecular formula is C28H30FN3O4. The average molecular weight is 492 g/mol. The summed E-state index contributed by atoms with van der Waals surface area (Å²) in [6, 6.07) is 17.4. The van der Waals surface area contributed by atoms with Crippen LogP contribution in [0.2, 0.25) is 0 Å². The van der Waals surface area contributed by atoms with Crippen LogP contribution in [0.3, 0.4) is 0 Å². The molecule has 1 atom stereocenters. The Bertz CT molecular complexity index is 1140. The van der Waals surface area contributed by atoms with Gasteiger partial charge in [-0.3, -0.25) is 14.4 Å². The zero-order valence-electron chi connectivity index (χ0n) is 20.0. The van der Waals surface area contributed by atoms with Gasteiger partial charge in [0.1, 0.15) is 11.9 Å². The van der Waals surface area contributed by atoms with Gasteiger partial charge in [-0.25, -0.2) is 4.39 Å². The molecule has 0 saturated heterocycles. The highest BCUT2D eigenvalue weighted by Gasteiger charge is 2.33. The minimum atomic E-state index is -0.970. The number of carbonyl (C=O) groups excluding carboxylic acids is 3. The summed E-state index contributed by atoms with van der Waals surface area (Å²) in [6.07, 6.45) is 5.75. The van der Waals surface area contributed by atoms with Gasteiger partial charge >= 0.3 is 0 Å². The lowest BCUT2D eigenvalue weighted by Crippen LogP contribution is -2.49. The monoisotopic (exact) mass is 491 g/mol. The number of nitrogens with one attached hydrogen (secondary N) is 2. The Morgan fingerprint density at radius 1 is 0.972 bits per heavy atom. The van der Waals surface area contributed by atoms with E-state index in [0.717, 1.165) is 31.2 Å². The molecule has 8 heteroatoms. The number of carbonyl (C=O) groups is 3. The lowest BCUT2D eigenvalue weighted by Gasteiger charge is -2.32. The van der Waals surface area contributed by atoms with Crippen LogP contribution in [0.25, 0.3) is 0 Å². The molecule has 0 aliphatic heterocycles. The fourth-order valence-corrected chi connectivity index (χ4v) is 4.51. The van der Waals surface area contributed by atoms with Crippen molar-refractivity contribution in [2.75, 3.05) is 13.1 Å². The van der Waals surface area contributed by atoms with Crippen LogP contribution in [0.5, 0.6) is 0 Å². The minimum Gasteiger partial charge on any atom is -0.459 e. The van der Waals surface area contributed by atoms with Gasteiger partial charge in [-0.1, -0.05) is 55.3 Å². The van der Waals surface area contributed by atoms with Crippen molar-refractivity contribution in [1.82, 2.24) is 15.5 Å². The molecule has 36 heavy (non-hydrogen) atoms. The Morgan fingerprint density at radius 3 is 2.36 bits per heavy atom. The van der Waals surface area contributed by atoms with Crippen molar-refractivity contribution in [3.05, 3.63) is 95.7 Å². The molecule has 1 fully saturated rings. The zero-order chi connectivity index (χ0) is 25.3. The van der Waals surface area contributed by atoms with E-state index in [9.17, 15) is 18.8 Å². The molecule has 2 aromatic carbocycles. The molecular weight excluding hydrogens is 461 g/mol. The van der Waals surface area contributed by atoms with E-state index in [1.165, 1.54) is 41.5 Å². The van der Waals surface area contributed by atoms with Gasteiger partial charge in [0, 0.05) is 12.6 Å². The topological polar surface area (TPSA) is 91.7 Å². The third-order valence-electron chi connectivity index (χ3n) is 6.40. The van der Waals surface area contributed by atoms with E-state index in [1.54, 1.807) is 6.07 Å². The minimum absolute atomic E-state index is 0.0465. The van der Waals surface area contributed by atoms with Gasteiger partial charge < -0.3 is 20.0 Å². The fourth-order valence-electron chi connectivity index (χ4n) is 4.51. The number of amides is 3. The first kappa shape index (κ1) is 25.2. The first-order valence-corrected chi connectivity index (χ1v) is 12.2. The number of nitrogens with zero attached hydrogens (tertiary/aromatic N) is 1. The van der Waals surface area contributed by atoms with Crippen molar-refractivity contribution in [1.29, 1.82) is 0 Å². The smallest absolute Gasteiger partial charge is 0.287 e. The third kappa shape index (κ3) is 6.59. The fraction of sp³-hybridized carbons (Fsp3) is 0.321. The maximum absolute atomic E-state index is 13.7. The summed E-state index contributed by atoms with van der Waals surface area (Å²) in [5.74, 6) is -1.60. The Labute approximate surface area is 209 Å². The van der Waals surface area contributed by atoms with Crippen LogP contribution < -0.4 is 10.6 Å². The van der Waals surface area contributed by atoms with E-state index < -0.39 is 23.7 Å². The molecule has 1 aliphatic carbocycles. The lowest BCUT2D eigenvalue weighted by atomic mass is 10.0. The van der Waals surface area contributed by atoms with Crippen molar-refractivity contribution < 1.29 is 23.2 Å². The van der Waals surface area contributed by atoms with Crippen LogP contribution in [0.15, 0.2) is 77.4 Å². The van der Waals surface area contributed by atoms with E-state index in [4.69, 9.17) is 4.42 Å². The molecule has 4 rings (SSSR count). The van der Waals surface area contributed by atoms with Gasteiger partial charge in [0.2, 0.25) is 11.8 Å². The number of benzene rings is 2. The Kier molecular flexibility index (Phi) is 8.49. The van der Waals surface area contributed by atoms with Gasteiger partial charge in [-0.2, -0.15) is 0 Å². The van der Waals surface area contributed by atoms with Gasteiger partial charge in [-0.05, 0) is 54.7 Å². The summed E-state index contributed by atoms with van der Waals surface area (Å²) in [6.45, 7) is -0.0810. The quantitative estimate of drug-likeness (QED) is 0.448. The first-order valence-electron chi connectivity index (χ1n) is 12.2. The maximum atomic E-state index is 13.7. The maximum Gasteiger partial charge on any atom is 0.287 e. The average Bonchev–Trinajstić information content (AvgIpc) is 3.61. The zero-order valence-corrected chi connectivity index (χ0v) is 20.0. The molecule has 3 amide bonds. The molecule has 1 aromatic heterocycles. The molecule has 1 heterocycles. The second-order valence-corrected chi connectivity index (χ2v) is 8.93. The van der Waals surface area contributed by atoms with Crippen LogP contribution >= 0.6 is 0 Å². The lowest BCUT2D eigenvalue weighted by molar-refractivity contribution is -0.140. The Hall–Kier alpha value is -3.94. The van der Waals surface area contributed by atoms with Gasteiger partial charge in [0.05, 0.1) is 12.8 Å². The second-order valence-electron chi connectivity index (χ2n) is 8.93. The van der Waals surface area contributed by atoms with E-state index in [0.29, 0.717) is 12.0 Å². The van der Waals surface area contributed by atoms with Crippen molar-refractivity contribution in [3.63, 3.8) is 0 Å². The summed E-state index contributed by atoms with van der Waals surface area (Å²) < 4.78 is 18.8. The van der Waals surface area contributed by atoms with Gasteiger partial charge in [-0.15, -0.1) is 0 Å².